The molecule has 2 N–H and O–H groups in total. The van der Waals surface area contributed by atoms with Crippen LogP contribution in [0.2, 0.25) is 0 Å². The van der Waals surface area contributed by atoms with Crippen LogP contribution < -0.4 is 5.73 Å². The first-order valence-electron chi connectivity index (χ1n) is 8.77. The van der Waals surface area contributed by atoms with Gasteiger partial charge in [0.1, 0.15) is 11.6 Å². The standard InChI is InChI=1S/C17H28N4/c1-2-12-7-6-10-14(11-12)16-19-15(20-17(18)21-16)13-8-4-3-5-9-13/h12-14H,2-11H2,1H3,(H2,18,19,20,21). The second kappa shape index (κ2) is 6.71. The third-order valence-corrected chi connectivity index (χ3v) is 5.38. The zero-order valence-corrected chi connectivity index (χ0v) is 13.2. The molecule has 0 bridgehead atoms. The summed E-state index contributed by atoms with van der Waals surface area (Å²) in [5.74, 6) is 4.21. The molecule has 2 fully saturated rings. The Hall–Kier alpha value is -1.19. The van der Waals surface area contributed by atoms with Crippen molar-refractivity contribution in [3.8, 4) is 0 Å². The summed E-state index contributed by atoms with van der Waals surface area (Å²) in [6.45, 7) is 2.29. The maximum absolute atomic E-state index is 5.98. The lowest BCUT2D eigenvalue weighted by Gasteiger charge is -2.28. The van der Waals surface area contributed by atoms with Crippen LogP contribution in [0.3, 0.4) is 0 Å². The predicted molar refractivity (Wildman–Crippen MR) is 85.1 cm³/mol. The molecule has 0 radical (unpaired) electrons. The van der Waals surface area contributed by atoms with E-state index in [1.165, 1.54) is 64.2 Å². The molecule has 2 unspecified atom stereocenters. The number of aromatic nitrogens is 3. The minimum Gasteiger partial charge on any atom is -0.368 e. The van der Waals surface area contributed by atoms with Gasteiger partial charge in [-0.1, -0.05) is 45.4 Å². The summed E-state index contributed by atoms with van der Waals surface area (Å²) in [6, 6.07) is 0. The van der Waals surface area contributed by atoms with E-state index in [1.807, 2.05) is 0 Å². The van der Waals surface area contributed by atoms with E-state index in [0.717, 1.165) is 17.6 Å². The van der Waals surface area contributed by atoms with Crippen molar-refractivity contribution in [3.05, 3.63) is 11.6 Å². The summed E-state index contributed by atoms with van der Waals surface area (Å²) in [5, 5.41) is 0. The fraction of sp³-hybridized carbons (Fsp3) is 0.824. The highest BCUT2D eigenvalue weighted by atomic mass is 15.1. The number of hydrogen-bond donors (Lipinski definition) is 1. The number of nitrogen functional groups attached to an aromatic ring is 1. The quantitative estimate of drug-likeness (QED) is 0.906. The van der Waals surface area contributed by atoms with Crippen LogP contribution in [-0.4, -0.2) is 15.0 Å². The molecule has 1 heterocycles. The van der Waals surface area contributed by atoms with E-state index in [-0.39, 0.29) is 0 Å². The van der Waals surface area contributed by atoms with Gasteiger partial charge in [0, 0.05) is 11.8 Å². The van der Waals surface area contributed by atoms with Crippen molar-refractivity contribution in [3.63, 3.8) is 0 Å². The molecule has 1 aromatic heterocycles. The molecule has 0 aromatic carbocycles. The predicted octanol–water partition coefficient (Wildman–Crippen LogP) is 4.19. The summed E-state index contributed by atoms with van der Waals surface area (Å²) >= 11 is 0. The number of hydrogen-bond acceptors (Lipinski definition) is 4. The number of rotatable bonds is 3. The Morgan fingerprint density at radius 3 is 2.24 bits per heavy atom. The van der Waals surface area contributed by atoms with Crippen molar-refractivity contribution in [2.45, 2.75) is 83.0 Å². The van der Waals surface area contributed by atoms with Gasteiger partial charge in [-0.3, -0.25) is 0 Å². The molecule has 1 aromatic rings. The normalized spacial score (nSPS) is 27.7. The Bertz CT molecular complexity index is 468. The van der Waals surface area contributed by atoms with Gasteiger partial charge < -0.3 is 5.73 Å². The van der Waals surface area contributed by atoms with Gasteiger partial charge >= 0.3 is 0 Å². The summed E-state index contributed by atoms with van der Waals surface area (Å²) < 4.78 is 0. The zero-order chi connectivity index (χ0) is 14.7. The molecule has 2 aliphatic rings. The van der Waals surface area contributed by atoms with Crippen molar-refractivity contribution < 1.29 is 0 Å². The first-order chi connectivity index (χ1) is 10.3. The van der Waals surface area contributed by atoms with Crippen LogP contribution >= 0.6 is 0 Å². The topological polar surface area (TPSA) is 64.7 Å². The Kier molecular flexibility index (Phi) is 4.71. The first kappa shape index (κ1) is 14.7. The lowest BCUT2D eigenvalue weighted by Crippen LogP contribution is -2.19. The highest BCUT2D eigenvalue weighted by Crippen LogP contribution is 2.37. The van der Waals surface area contributed by atoms with Gasteiger partial charge in [-0.15, -0.1) is 0 Å². The van der Waals surface area contributed by atoms with Crippen molar-refractivity contribution in [1.82, 2.24) is 15.0 Å². The smallest absolute Gasteiger partial charge is 0.223 e. The fourth-order valence-corrected chi connectivity index (χ4v) is 4.05. The van der Waals surface area contributed by atoms with Gasteiger partial charge in [-0.2, -0.15) is 9.97 Å². The van der Waals surface area contributed by atoms with E-state index >= 15 is 0 Å². The van der Waals surface area contributed by atoms with E-state index in [9.17, 15) is 0 Å². The molecular formula is C17H28N4. The van der Waals surface area contributed by atoms with Gasteiger partial charge in [-0.25, -0.2) is 4.98 Å². The van der Waals surface area contributed by atoms with Crippen LogP contribution in [0.1, 0.15) is 94.6 Å². The molecule has 2 saturated carbocycles. The first-order valence-corrected chi connectivity index (χ1v) is 8.77. The van der Waals surface area contributed by atoms with Crippen LogP contribution in [0.5, 0.6) is 0 Å². The molecule has 4 heteroatoms. The van der Waals surface area contributed by atoms with Gasteiger partial charge in [-0.05, 0) is 31.6 Å². The average Bonchev–Trinajstić information content (AvgIpc) is 2.55. The van der Waals surface area contributed by atoms with Crippen LogP contribution in [-0.2, 0) is 0 Å². The largest absolute Gasteiger partial charge is 0.368 e. The maximum Gasteiger partial charge on any atom is 0.223 e. The van der Waals surface area contributed by atoms with E-state index in [2.05, 4.69) is 16.9 Å². The van der Waals surface area contributed by atoms with Gasteiger partial charge in [0.25, 0.3) is 0 Å². The van der Waals surface area contributed by atoms with E-state index < -0.39 is 0 Å². The second-order valence-corrected chi connectivity index (χ2v) is 6.88. The molecule has 0 aliphatic heterocycles. The molecule has 4 nitrogen and oxygen atoms in total. The Morgan fingerprint density at radius 2 is 1.52 bits per heavy atom. The van der Waals surface area contributed by atoms with Crippen LogP contribution in [0.25, 0.3) is 0 Å². The van der Waals surface area contributed by atoms with E-state index in [0.29, 0.717) is 17.8 Å². The maximum atomic E-state index is 5.98. The highest BCUT2D eigenvalue weighted by Gasteiger charge is 2.26. The summed E-state index contributed by atoms with van der Waals surface area (Å²) in [5.41, 5.74) is 5.98. The minimum absolute atomic E-state index is 0.430. The monoisotopic (exact) mass is 288 g/mol. The molecule has 2 atom stereocenters. The molecule has 0 amide bonds. The summed E-state index contributed by atoms with van der Waals surface area (Å²) in [7, 11) is 0. The molecule has 3 rings (SSSR count). The Balaban J connectivity index is 1.80. The minimum atomic E-state index is 0.430. The van der Waals surface area contributed by atoms with Gasteiger partial charge in [0.2, 0.25) is 5.95 Å². The van der Waals surface area contributed by atoms with Gasteiger partial charge in [0.15, 0.2) is 0 Å². The van der Waals surface area contributed by atoms with E-state index in [1.54, 1.807) is 0 Å². The van der Waals surface area contributed by atoms with Crippen LogP contribution in [0.4, 0.5) is 5.95 Å². The Labute approximate surface area is 128 Å². The summed E-state index contributed by atoms with van der Waals surface area (Å²) in [6.07, 6.45) is 12.7. The van der Waals surface area contributed by atoms with Crippen molar-refractivity contribution in [1.29, 1.82) is 0 Å². The molecule has 116 valence electrons. The number of nitrogens with two attached hydrogens (primary N) is 1. The Morgan fingerprint density at radius 1 is 0.857 bits per heavy atom. The fourth-order valence-electron chi connectivity index (χ4n) is 4.05. The third kappa shape index (κ3) is 3.53. The third-order valence-electron chi connectivity index (χ3n) is 5.38. The van der Waals surface area contributed by atoms with Crippen molar-refractivity contribution in [2.24, 2.45) is 5.92 Å². The molecular weight excluding hydrogens is 260 g/mol. The molecule has 0 saturated heterocycles. The summed E-state index contributed by atoms with van der Waals surface area (Å²) in [4.78, 5) is 13.8. The number of nitrogens with zero attached hydrogens (tertiary/aromatic N) is 3. The second-order valence-electron chi connectivity index (χ2n) is 6.88. The molecule has 0 spiro atoms. The molecule has 21 heavy (non-hydrogen) atoms. The van der Waals surface area contributed by atoms with Crippen molar-refractivity contribution >= 4 is 5.95 Å². The average molecular weight is 288 g/mol. The van der Waals surface area contributed by atoms with Gasteiger partial charge in [0.05, 0.1) is 0 Å². The van der Waals surface area contributed by atoms with Crippen LogP contribution in [0.15, 0.2) is 0 Å². The lowest BCUT2D eigenvalue weighted by molar-refractivity contribution is 0.305. The van der Waals surface area contributed by atoms with Crippen molar-refractivity contribution in [2.75, 3.05) is 5.73 Å². The lowest BCUT2D eigenvalue weighted by atomic mass is 9.80. The molecule has 2 aliphatic carbocycles. The SMILES string of the molecule is CCC1CCCC(c2nc(N)nc(C3CCCCC3)n2)C1. The zero-order valence-electron chi connectivity index (χ0n) is 13.2. The van der Waals surface area contributed by atoms with E-state index in [4.69, 9.17) is 10.7 Å². The highest BCUT2D eigenvalue weighted by molar-refractivity contribution is 5.19. The number of anilines is 1. The van der Waals surface area contributed by atoms with Crippen LogP contribution in [0, 0.1) is 5.92 Å².